The number of ether oxygens (including phenoxy) is 2. The molecule has 1 amide bonds. The normalized spacial score (nSPS) is 17.9. The van der Waals surface area contributed by atoms with Gasteiger partial charge in [-0.25, -0.2) is 4.98 Å². The van der Waals surface area contributed by atoms with E-state index in [4.69, 9.17) is 9.47 Å². The van der Waals surface area contributed by atoms with Gasteiger partial charge in [-0.15, -0.1) is 0 Å². The Balaban J connectivity index is 1.21. The summed E-state index contributed by atoms with van der Waals surface area (Å²) >= 11 is 0. The number of amides is 1. The van der Waals surface area contributed by atoms with E-state index in [-0.39, 0.29) is 23.3 Å². The Kier molecular flexibility index (Phi) is 6.23. The Morgan fingerprint density at radius 1 is 1.10 bits per heavy atom. The second-order valence-corrected chi connectivity index (χ2v) is 10.7. The number of likely N-dealkylation sites (tertiary alicyclic amines) is 1. The molecule has 2 saturated heterocycles. The summed E-state index contributed by atoms with van der Waals surface area (Å²) in [5.41, 5.74) is 3.78. The van der Waals surface area contributed by atoms with Crippen molar-refractivity contribution in [2.45, 2.75) is 19.4 Å². The number of nitrogens with zero attached hydrogens (tertiary/aromatic N) is 6. The molecule has 1 aromatic heterocycles. The SMILES string of the molecule is COc1cc(N2CC3(CCN(C)CC3)C2)ccc1Nc1ncc(C#N)c(Oc2cccc3c2C(=O)N(C)C3)n1. The van der Waals surface area contributed by atoms with Crippen molar-refractivity contribution < 1.29 is 14.3 Å². The number of anilines is 3. The van der Waals surface area contributed by atoms with Gasteiger partial charge in [0.25, 0.3) is 5.91 Å². The van der Waals surface area contributed by atoms with Crippen molar-refractivity contribution in [3.05, 3.63) is 59.3 Å². The number of hydrogen-bond donors (Lipinski definition) is 1. The van der Waals surface area contributed by atoms with E-state index in [1.54, 1.807) is 25.1 Å². The number of benzene rings is 2. The van der Waals surface area contributed by atoms with Crippen molar-refractivity contribution in [3.63, 3.8) is 0 Å². The van der Waals surface area contributed by atoms with Crippen molar-refractivity contribution in [1.82, 2.24) is 19.8 Å². The minimum absolute atomic E-state index is 0.0744. The lowest BCUT2D eigenvalue weighted by Gasteiger charge is -2.54. The van der Waals surface area contributed by atoms with Crippen LogP contribution in [0.3, 0.4) is 0 Å². The molecule has 39 heavy (non-hydrogen) atoms. The van der Waals surface area contributed by atoms with E-state index in [1.165, 1.54) is 19.0 Å². The Morgan fingerprint density at radius 2 is 1.90 bits per heavy atom. The summed E-state index contributed by atoms with van der Waals surface area (Å²) in [6, 6.07) is 13.6. The highest BCUT2D eigenvalue weighted by atomic mass is 16.5. The molecule has 6 rings (SSSR count). The van der Waals surface area contributed by atoms with Gasteiger partial charge in [-0.1, -0.05) is 12.1 Å². The standard InChI is InChI=1S/C29H31N7O3/c1-34-11-9-29(10-12-34)17-36(18-29)21-7-8-22(24(13-21)38-3)32-28-31-15-20(14-30)26(33-28)39-23-6-4-5-19-16-35(2)27(37)25(19)23/h4-8,13,15H,9-12,16-18H2,1-3H3,(H,31,32,33). The first kappa shape index (κ1) is 24.9. The predicted molar refractivity (Wildman–Crippen MR) is 147 cm³/mol. The number of nitrogens with one attached hydrogen (secondary N) is 1. The lowest BCUT2D eigenvalue weighted by atomic mass is 9.72. The predicted octanol–water partition coefficient (Wildman–Crippen LogP) is 4.01. The molecule has 3 aliphatic rings. The summed E-state index contributed by atoms with van der Waals surface area (Å²) in [6.07, 6.45) is 3.89. The zero-order valence-electron chi connectivity index (χ0n) is 22.4. The number of hydrogen-bond acceptors (Lipinski definition) is 9. The molecule has 200 valence electrons. The maximum Gasteiger partial charge on any atom is 0.258 e. The van der Waals surface area contributed by atoms with Crippen LogP contribution in [0.2, 0.25) is 0 Å². The summed E-state index contributed by atoms with van der Waals surface area (Å²) in [6.45, 7) is 4.97. The van der Waals surface area contributed by atoms with Gasteiger partial charge in [-0.05, 0) is 56.7 Å². The van der Waals surface area contributed by atoms with Gasteiger partial charge < -0.3 is 29.5 Å². The van der Waals surface area contributed by atoms with Crippen LogP contribution in [0.4, 0.5) is 17.3 Å². The maximum absolute atomic E-state index is 12.7. The minimum atomic E-state index is -0.125. The second kappa shape index (κ2) is 9.75. The number of fused-ring (bicyclic) bond motifs is 1. The Hall–Kier alpha value is -4.36. The number of carbonyl (C=O) groups is 1. The van der Waals surface area contributed by atoms with Crippen molar-refractivity contribution >= 4 is 23.2 Å². The van der Waals surface area contributed by atoms with Crippen LogP contribution in [-0.4, -0.2) is 73.1 Å². The molecule has 2 fully saturated rings. The lowest BCUT2D eigenvalue weighted by molar-refractivity contribution is 0.0814. The molecule has 0 aliphatic carbocycles. The van der Waals surface area contributed by atoms with Gasteiger partial charge in [0.05, 0.1) is 24.6 Å². The van der Waals surface area contributed by atoms with Crippen LogP contribution in [-0.2, 0) is 6.54 Å². The number of aromatic nitrogens is 2. The molecule has 10 heteroatoms. The van der Waals surface area contributed by atoms with Gasteiger partial charge in [0.2, 0.25) is 11.8 Å². The largest absolute Gasteiger partial charge is 0.494 e. The minimum Gasteiger partial charge on any atom is -0.494 e. The Bertz CT molecular complexity index is 1470. The summed E-state index contributed by atoms with van der Waals surface area (Å²) in [5, 5.41) is 12.8. The molecular weight excluding hydrogens is 494 g/mol. The summed E-state index contributed by atoms with van der Waals surface area (Å²) in [7, 11) is 5.57. The van der Waals surface area contributed by atoms with E-state index in [0.29, 0.717) is 34.7 Å². The molecule has 2 aromatic carbocycles. The summed E-state index contributed by atoms with van der Waals surface area (Å²) in [5.74, 6) is 1.23. The molecule has 1 spiro atoms. The van der Waals surface area contributed by atoms with Crippen LogP contribution in [0.15, 0.2) is 42.6 Å². The summed E-state index contributed by atoms with van der Waals surface area (Å²) < 4.78 is 11.7. The van der Waals surface area contributed by atoms with Crippen LogP contribution in [0.1, 0.15) is 34.3 Å². The number of carbonyl (C=O) groups excluding carboxylic acids is 1. The average Bonchev–Trinajstić information content (AvgIpc) is 3.22. The van der Waals surface area contributed by atoms with Crippen LogP contribution in [0, 0.1) is 16.7 Å². The number of piperidine rings is 1. The Labute approximate surface area is 227 Å². The first-order valence-corrected chi connectivity index (χ1v) is 13.1. The molecule has 0 unspecified atom stereocenters. The molecule has 4 heterocycles. The third-order valence-corrected chi connectivity index (χ3v) is 8.06. The quantitative estimate of drug-likeness (QED) is 0.511. The van der Waals surface area contributed by atoms with Gasteiger partial charge in [-0.3, -0.25) is 4.79 Å². The van der Waals surface area contributed by atoms with Crippen molar-refractivity contribution in [2.24, 2.45) is 5.41 Å². The van der Waals surface area contributed by atoms with E-state index in [0.717, 1.165) is 37.4 Å². The summed E-state index contributed by atoms with van der Waals surface area (Å²) in [4.78, 5) is 27.9. The molecule has 1 N–H and O–H groups in total. The number of rotatable bonds is 6. The second-order valence-electron chi connectivity index (χ2n) is 10.7. The smallest absolute Gasteiger partial charge is 0.258 e. The zero-order chi connectivity index (χ0) is 27.1. The van der Waals surface area contributed by atoms with E-state index >= 15 is 0 Å². The molecule has 0 atom stereocenters. The fraction of sp³-hybridized carbons (Fsp3) is 0.379. The lowest BCUT2D eigenvalue weighted by Crippen LogP contribution is -2.60. The van der Waals surface area contributed by atoms with Crippen LogP contribution in [0.5, 0.6) is 17.4 Å². The fourth-order valence-electron chi connectivity index (χ4n) is 5.69. The molecule has 3 aromatic rings. The molecule has 0 saturated carbocycles. The van der Waals surface area contributed by atoms with Gasteiger partial charge in [-0.2, -0.15) is 10.2 Å². The van der Waals surface area contributed by atoms with Crippen LogP contribution < -0.4 is 19.7 Å². The van der Waals surface area contributed by atoms with E-state index in [2.05, 4.69) is 44.3 Å². The highest BCUT2D eigenvalue weighted by molar-refractivity contribution is 6.00. The first-order chi connectivity index (χ1) is 18.9. The van der Waals surface area contributed by atoms with E-state index in [9.17, 15) is 10.1 Å². The van der Waals surface area contributed by atoms with Crippen molar-refractivity contribution in [3.8, 4) is 23.4 Å². The highest BCUT2D eigenvalue weighted by Crippen LogP contribution is 2.44. The molecule has 10 nitrogen and oxygen atoms in total. The van der Waals surface area contributed by atoms with E-state index < -0.39 is 0 Å². The third kappa shape index (κ3) is 4.59. The van der Waals surface area contributed by atoms with Gasteiger partial charge >= 0.3 is 0 Å². The zero-order valence-corrected chi connectivity index (χ0v) is 22.4. The first-order valence-electron chi connectivity index (χ1n) is 13.1. The van der Waals surface area contributed by atoms with Gasteiger partial charge in [0, 0.05) is 43.9 Å². The van der Waals surface area contributed by atoms with Crippen molar-refractivity contribution in [2.75, 3.05) is 57.6 Å². The maximum atomic E-state index is 12.7. The van der Waals surface area contributed by atoms with Gasteiger partial charge in [0.15, 0.2) is 0 Å². The molecule has 0 radical (unpaired) electrons. The topological polar surface area (TPSA) is 107 Å². The number of methoxy groups -OCH3 is 1. The third-order valence-electron chi connectivity index (χ3n) is 8.06. The van der Waals surface area contributed by atoms with Crippen LogP contribution in [0.25, 0.3) is 0 Å². The monoisotopic (exact) mass is 525 g/mol. The molecular formula is C29H31N7O3. The molecule has 3 aliphatic heterocycles. The highest BCUT2D eigenvalue weighted by Gasteiger charge is 2.44. The van der Waals surface area contributed by atoms with Crippen molar-refractivity contribution in [1.29, 1.82) is 5.26 Å². The Morgan fingerprint density at radius 3 is 2.64 bits per heavy atom. The van der Waals surface area contributed by atoms with Crippen LogP contribution >= 0.6 is 0 Å². The average molecular weight is 526 g/mol. The van der Waals surface area contributed by atoms with E-state index in [1.807, 2.05) is 24.3 Å². The number of nitriles is 1. The van der Waals surface area contributed by atoms with Gasteiger partial charge in [0.1, 0.15) is 23.1 Å². The fourth-order valence-corrected chi connectivity index (χ4v) is 5.69. The molecule has 0 bridgehead atoms.